The highest BCUT2D eigenvalue weighted by molar-refractivity contribution is 7.26. The van der Waals surface area contributed by atoms with Crippen LogP contribution in [0, 0.1) is 0 Å². The summed E-state index contributed by atoms with van der Waals surface area (Å²) in [5, 5.41) is 2.58. The first-order chi connectivity index (χ1) is 31.3. The summed E-state index contributed by atoms with van der Waals surface area (Å²) in [5.41, 5.74) is 23.5. The van der Waals surface area contributed by atoms with Gasteiger partial charge in [-0.3, -0.25) is 0 Å². The molecule has 0 aliphatic heterocycles. The lowest BCUT2D eigenvalue weighted by Gasteiger charge is -2.32. The Labute approximate surface area is 370 Å². The van der Waals surface area contributed by atoms with E-state index in [1.54, 1.807) is 0 Å². The minimum absolute atomic E-state index is 0.452. The van der Waals surface area contributed by atoms with Crippen LogP contribution in [-0.2, 0) is 5.41 Å². The van der Waals surface area contributed by atoms with E-state index < -0.39 is 5.41 Å². The van der Waals surface area contributed by atoms with Crippen molar-refractivity contribution in [2.45, 2.75) is 5.41 Å². The van der Waals surface area contributed by atoms with Crippen LogP contribution in [0.2, 0.25) is 0 Å². The van der Waals surface area contributed by atoms with Gasteiger partial charge in [-0.1, -0.05) is 188 Å². The smallest absolute Gasteiger partial charge is 0.0726 e. The largest absolute Gasteiger partial charge is 0.309 e. The number of benzene rings is 10. The van der Waals surface area contributed by atoms with Crippen LogP contribution >= 0.6 is 11.3 Å². The summed E-state index contributed by atoms with van der Waals surface area (Å²) in [7, 11) is 0. The lowest BCUT2D eigenvalue weighted by atomic mass is 9.70. The van der Waals surface area contributed by atoms with Crippen molar-refractivity contribution in [3.05, 3.63) is 247 Å². The maximum atomic E-state index is 2.54. The van der Waals surface area contributed by atoms with Crippen molar-refractivity contribution in [1.29, 1.82) is 0 Å². The summed E-state index contributed by atoms with van der Waals surface area (Å²) < 4.78 is 2.57. The number of fused-ring (bicyclic) bond motifs is 21. The Morgan fingerprint density at radius 1 is 0.286 bits per heavy atom. The van der Waals surface area contributed by atoms with E-state index in [0.29, 0.717) is 0 Å². The molecule has 0 saturated heterocycles. The minimum Gasteiger partial charge on any atom is -0.309 e. The second kappa shape index (κ2) is 13.1. The molecule has 14 rings (SSSR count). The van der Waals surface area contributed by atoms with E-state index >= 15 is 0 Å². The molecule has 0 saturated carbocycles. The first kappa shape index (κ1) is 34.9. The van der Waals surface area contributed by atoms with Crippen LogP contribution in [0.5, 0.6) is 0 Å². The normalized spacial score (nSPS) is 13.2. The molecule has 0 atom stereocenters. The Balaban J connectivity index is 1.07. The molecule has 10 aromatic carbocycles. The number of hydrogen-bond donors (Lipinski definition) is 0. The summed E-state index contributed by atoms with van der Waals surface area (Å²) in [6.07, 6.45) is 0. The van der Waals surface area contributed by atoms with Crippen molar-refractivity contribution < 1.29 is 0 Å². The third kappa shape index (κ3) is 4.71. The number of rotatable bonds is 3. The predicted molar refractivity (Wildman–Crippen MR) is 266 cm³/mol. The molecule has 2 heteroatoms. The minimum atomic E-state index is -0.452. The molecule has 0 N–H and O–H groups in total. The fourth-order valence-corrected chi connectivity index (χ4v) is 12.8. The molecule has 3 aliphatic rings. The van der Waals surface area contributed by atoms with E-state index in [1.807, 2.05) is 11.3 Å². The van der Waals surface area contributed by atoms with Crippen LogP contribution in [0.25, 0.3) is 86.9 Å². The zero-order chi connectivity index (χ0) is 41.2. The molecule has 0 bridgehead atoms. The van der Waals surface area contributed by atoms with Gasteiger partial charge < -0.3 is 4.90 Å². The van der Waals surface area contributed by atoms with Crippen molar-refractivity contribution in [3.63, 3.8) is 0 Å². The van der Waals surface area contributed by atoms with Gasteiger partial charge in [-0.05, 0) is 125 Å². The molecular formula is C61H37NS. The highest BCUT2D eigenvalue weighted by Gasteiger charge is 2.51. The van der Waals surface area contributed by atoms with Gasteiger partial charge in [0.25, 0.3) is 0 Å². The summed E-state index contributed by atoms with van der Waals surface area (Å²) >= 11 is 1.89. The number of nitrogens with zero attached hydrogens (tertiary/aromatic N) is 1. The Hall–Kier alpha value is -7.78. The predicted octanol–water partition coefficient (Wildman–Crippen LogP) is 16.8. The molecule has 1 nitrogen and oxygen atoms in total. The zero-order valence-corrected chi connectivity index (χ0v) is 35.0. The summed E-state index contributed by atoms with van der Waals surface area (Å²) in [6, 6.07) is 84.3. The second-order valence-corrected chi connectivity index (χ2v) is 18.1. The third-order valence-electron chi connectivity index (χ3n) is 14.1. The van der Waals surface area contributed by atoms with Crippen molar-refractivity contribution in [3.8, 4) is 66.8 Å². The molecule has 0 unspecified atom stereocenters. The van der Waals surface area contributed by atoms with E-state index in [4.69, 9.17) is 0 Å². The molecule has 0 radical (unpaired) electrons. The van der Waals surface area contributed by atoms with Crippen molar-refractivity contribution in [2.75, 3.05) is 4.90 Å². The average Bonchev–Trinajstić information content (AvgIpc) is 3.98. The van der Waals surface area contributed by atoms with Crippen molar-refractivity contribution in [2.24, 2.45) is 0 Å². The lowest BCUT2D eigenvalue weighted by molar-refractivity contribution is 0.793. The Bertz CT molecular complexity index is 3650. The summed E-state index contributed by atoms with van der Waals surface area (Å²) in [4.78, 5) is 2.54. The van der Waals surface area contributed by atoms with Crippen LogP contribution in [0.1, 0.15) is 22.3 Å². The Morgan fingerprint density at radius 3 is 1.24 bits per heavy atom. The molecule has 0 fully saturated rings. The van der Waals surface area contributed by atoms with E-state index in [-0.39, 0.29) is 0 Å². The Kier molecular flexibility index (Phi) is 7.26. The van der Waals surface area contributed by atoms with Crippen LogP contribution < -0.4 is 4.90 Å². The van der Waals surface area contributed by atoms with Gasteiger partial charge in [-0.25, -0.2) is 0 Å². The van der Waals surface area contributed by atoms with Gasteiger partial charge in [0.15, 0.2) is 0 Å². The molecule has 1 spiro atoms. The second-order valence-electron chi connectivity index (χ2n) is 17.1. The summed E-state index contributed by atoms with van der Waals surface area (Å²) in [6.45, 7) is 0. The molecular weight excluding hydrogens is 779 g/mol. The number of thiophene rings is 1. The molecule has 1 heterocycles. The summed E-state index contributed by atoms with van der Waals surface area (Å²) in [5.74, 6) is 0. The quantitative estimate of drug-likeness (QED) is 0.172. The molecule has 0 amide bonds. The first-order valence-electron chi connectivity index (χ1n) is 21.8. The first-order valence-corrected chi connectivity index (χ1v) is 22.7. The van der Waals surface area contributed by atoms with Crippen LogP contribution in [0.15, 0.2) is 224 Å². The topological polar surface area (TPSA) is 3.24 Å². The Morgan fingerprint density at radius 2 is 0.683 bits per heavy atom. The fourth-order valence-electron chi connectivity index (χ4n) is 11.5. The molecule has 1 aromatic heterocycles. The molecule has 292 valence electrons. The molecule has 3 aliphatic carbocycles. The van der Waals surface area contributed by atoms with Gasteiger partial charge in [0.2, 0.25) is 0 Å². The monoisotopic (exact) mass is 815 g/mol. The van der Waals surface area contributed by atoms with Crippen LogP contribution in [-0.4, -0.2) is 0 Å². The van der Waals surface area contributed by atoms with Gasteiger partial charge in [-0.2, -0.15) is 0 Å². The van der Waals surface area contributed by atoms with Gasteiger partial charge in [-0.15, -0.1) is 11.3 Å². The van der Waals surface area contributed by atoms with Crippen LogP contribution in [0.4, 0.5) is 17.1 Å². The highest BCUT2D eigenvalue weighted by atomic mass is 32.1. The number of anilines is 3. The van der Waals surface area contributed by atoms with Crippen molar-refractivity contribution >= 4 is 48.6 Å². The van der Waals surface area contributed by atoms with Gasteiger partial charge in [0, 0.05) is 26.8 Å². The average molecular weight is 816 g/mol. The van der Waals surface area contributed by atoms with Gasteiger partial charge in [0.05, 0.1) is 15.8 Å². The SMILES string of the molecule is c1ccc2c(c1)-c1ccccc1-c1ccc(N(c3ccc4c(c3)C3(c5ccccc5-c5ccccc53)c3ccccc3-4)c3cccc4c3sc3ccccc34)cc1-c1ccccc1-2. The maximum absolute atomic E-state index is 2.54. The van der Waals surface area contributed by atoms with E-state index in [2.05, 4.69) is 229 Å². The van der Waals surface area contributed by atoms with Crippen molar-refractivity contribution in [1.82, 2.24) is 0 Å². The van der Waals surface area contributed by atoms with Gasteiger partial charge >= 0.3 is 0 Å². The third-order valence-corrected chi connectivity index (χ3v) is 15.3. The molecule has 11 aromatic rings. The zero-order valence-electron chi connectivity index (χ0n) is 34.2. The van der Waals surface area contributed by atoms with E-state index in [9.17, 15) is 0 Å². The van der Waals surface area contributed by atoms with E-state index in [0.717, 1.165) is 11.4 Å². The highest BCUT2D eigenvalue weighted by Crippen LogP contribution is 2.63. The fraction of sp³-hybridized carbons (Fsp3) is 0.0164. The number of hydrogen-bond acceptors (Lipinski definition) is 2. The van der Waals surface area contributed by atoms with Crippen LogP contribution in [0.3, 0.4) is 0 Å². The maximum Gasteiger partial charge on any atom is 0.0726 e. The van der Waals surface area contributed by atoms with E-state index in [1.165, 1.54) is 115 Å². The van der Waals surface area contributed by atoms with Gasteiger partial charge in [0.1, 0.15) is 0 Å². The lowest BCUT2D eigenvalue weighted by Crippen LogP contribution is -2.26. The molecule has 63 heavy (non-hydrogen) atoms. The standard InChI is InChI=1S/C61H37NS/c1-2-17-41-40(16-1)42-18-3-4-20-44(42)46-34-32-38(36-53(46)45-21-6-5-19-43(41)45)62(58-30-15-26-52-51-25-10-14-31-59(51)63-60(52)58)39-33-35-50-49-24-9-13-29-56(49)61(57(50)37-39)54-27-11-7-22-47(54)48-23-8-12-28-55(48)61/h1-37H.